The summed E-state index contributed by atoms with van der Waals surface area (Å²) in [6, 6.07) is 5.26. The zero-order valence-corrected chi connectivity index (χ0v) is 8.71. The molecule has 0 saturated heterocycles. The molecule has 0 fully saturated rings. The van der Waals surface area contributed by atoms with E-state index in [2.05, 4.69) is 13.7 Å². The van der Waals surface area contributed by atoms with Crippen molar-refractivity contribution >= 4 is 33.7 Å². The molecule has 5 nitrogen and oxygen atoms in total. The highest BCUT2D eigenvalue weighted by Crippen LogP contribution is 2.19. The van der Waals surface area contributed by atoms with E-state index in [1.54, 1.807) is 12.1 Å². The number of nitrogens with zero attached hydrogens (tertiary/aromatic N) is 3. The highest BCUT2D eigenvalue weighted by atomic mass is 32.1. The lowest BCUT2D eigenvalue weighted by Crippen LogP contribution is -2.07. The van der Waals surface area contributed by atoms with Gasteiger partial charge in [-0.25, -0.2) is 0 Å². The van der Waals surface area contributed by atoms with E-state index in [1.165, 1.54) is 17.9 Å². The van der Waals surface area contributed by atoms with E-state index in [4.69, 9.17) is 5.26 Å². The first-order valence-corrected chi connectivity index (χ1v) is 5.24. The lowest BCUT2D eigenvalue weighted by molar-refractivity contribution is 1.35. The number of hydrogen-bond donors (Lipinski definition) is 1. The van der Waals surface area contributed by atoms with Crippen molar-refractivity contribution in [3.05, 3.63) is 34.1 Å². The van der Waals surface area contributed by atoms with Gasteiger partial charge in [-0.1, -0.05) is 0 Å². The van der Waals surface area contributed by atoms with Gasteiger partial charge in [-0.15, -0.1) is 0 Å². The number of benzene rings is 1. The largest absolute Gasteiger partial charge is 0.293 e. The summed E-state index contributed by atoms with van der Waals surface area (Å²) in [7, 11) is 0. The predicted molar refractivity (Wildman–Crippen MR) is 60.3 cm³/mol. The Morgan fingerprint density at radius 1 is 1.38 bits per heavy atom. The third-order valence-electron chi connectivity index (χ3n) is 2.38. The average molecular weight is 228 g/mol. The third kappa shape index (κ3) is 1.06. The maximum Gasteiger partial charge on any atom is 0.207 e. The number of aromatic amines is 1. The maximum absolute atomic E-state index is 11.8. The number of nitrogens with one attached hydrogen (secondary N) is 1. The predicted octanol–water partition coefficient (Wildman–Crippen LogP) is 1.40. The van der Waals surface area contributed by atoms with Crippen molar-refractivity contribution in [1.29, 1.82) is 5.26 Å². The topological polar surface area (TPSA) is 82.4 Å². The second-order valence-electron chi connectivity index (χ2n) is 3.26. The average Bonchev–Trinajstić information content (AvgIpc) is 2.77. The summed E-state index contributed by atoms with van der Waals surface area (Å²) in [5.41, 5.74) is 1.82. The quantitative estimate of drug-likeness (QED) is 0.630. The fourth-order valence-corrected chi connectivity index (χ4v) is 2.18. The first kappa shape index (κ1) is 9.00. The molecule has 0 saturated carbocycles. The van der Waals surface area contributed by atoms with Gasteiger partial charge >= 0.3 is 0 Å². The van der Waals surface area contributed by atoms with E-state index >= 15 is 0 Å². The van der Waals surface area contributed by atoms with Crippen LogP contribution in [0.2, 0.25) is 0 Å². The van der Waals surface area contributed by atoms with Crippen LogP contribution in [0.4, 0.5) is 0 Å². The molecule has 0 aliphatic rings. The highest BCUT2D eigenvalue weighted by molar-refractivity contribution is 7.00. The molecule has 0 bridgehead atoms. The molecule has 0 aliphatic carbocycles. The molecule has 6 heteroatoms. The molecular formula is C10H4N4OS. The van der Waals surface area contributed by atoms with Gasteiger partial charge in [0.1, 0.15) is 22.7 Å². The Hall–Kier alpha value is -2.26. The van der Waals surface area contributed by atoms with E-state index in [0.717, 1.165) is 5.52 Å². The number of H-pyrrole nitrogens is 1. The summed E-state index contributed by atoms with van der Waals surface area (Å²) in [5.74, 6) is 0. The van der Waals surface area contributed by atoms with Crippen LogP contribution >= 0.6 is 11.7 Å². The molecular weight excluding hydrogens is 224 g/mol. The first-order valence-electron chi connectivity index (χ1n) is 4.47. The third-order valence-corrected chi connectivity index (χ3v) is 2.96. The Bertz CT molecular complexity index is 796. The number of aromatic nitrogens is 3. The minimum Gasteiger partial charge on any atom is -0.293 e. The number of rotatable bonds is 0. The van der Waals surface area contributed by atoms with Crippen molar-refractivity contribution < 1.29 is 0 Å². The fraction of sp³-hybridized carbons (Fsp3) is 0. The summed E-state index contributed by atoms with van der Waals surface area (Å²) in [5, 5.41) is 9.18. The summed E-state index contributed by atoms with van der Waals surface area (Å²) in [4.78, 5) is 15.9. The van der Waals surface area contributed by atoms with Gasteiger partial charge in [-0.2, -0.15) is 9.64 Å². The zero-order valence-electron chi connectivity index (χ0n) is 7.89. The van der Waals surface area contributed by atoms with Gasteiger partial charge in [0.05, 0.1) is 10.9 Å². The van der Waals surface area contributed by atoms with Gasteiger partial charge in [-0.05, 0) is 12.1 Å². The van der Waals surface area contributed by atoms with Crippen LogP contribution in [0.1, 0.15) is 5.56 Å². The molecule has 0 unspecified atom stereocenters. The van der Waals surface area contributed by atoms with Crippen molar-refractivity contribution in [3.8, 4) is 6.07 Å². The molecule has 0 aliphatic heterocycles. The van der Waals surface area contributed by atoms with Crippen LogP contribution in [0, 0.1) is 11.3 Å². The van der Waals surface area contributed by atoms with Crippen molar-refractivity contribution in [2.24, 2.45) is 0 Å². The second-order valence-corrected chi connectivity index (χ2v) is 3.82. The standard InChI is InChI=1S/C10H4N4OS/c11-3-5-4-12-8-6(10(5)15)1-2-7-9(8)14-16-13-7/h1-2,4,13H. The van der Waals surface area contributed by atoms with Crippen LogP contribution in [-0.2, 0) is 0 Å². The lowest BCUT2D eigenvalue weighted by atomic mass is 10.1. The zero-order chi connectivity index (χ0) is 11.1. The fourth-order valence-electron chi connectivity index (χ4n) is 1.60. The molecule has 0 spiro atoms. The Kier molecular flexibility index (Phi) is 1.75. The number of pyridine rings is 1. The van der Waals surface area contributed by atoms with Crippen LogP contribution in [0.5, 0.6) is 0 Å². The first-order chi connectivity index (χ1) is 7.81. The van der Waals surface area contributed by atoms with Gasteiger partial charge < -0.3 is 0 Å². The molecule has 1 aromatic carbocycles. The van der Waals surface area contributed by atoms with E-state index in [9.17, 15) is 4.79 Å². The van der Waals surface area contributed by atoms with Crippen LogP contribution in [0.3, 0.4) is 0 Å². The molecule has 16 heavy (non-hydrogen) atoms. The Morgan fingerprint density at radius 2 is 2.25 bits per heavy atom. The van der Waals surface area contributed by atoms with E-state index in [1.807, 2.05) is 6.07 Å². The Labute approximate surface area is 93.3 Å². The highest BCUT2D eigenvalue weighted by Gasteiger charge is 2.09. The molecule has 3 aromatic rings. The summed E-state index contributed by atoms with van der Waals surface area (Å²) < 4.78 is 7.13. The van der Waals surface area contributed by atoms with Gasteiger partial charge in [0.25, 0.3) is 0 Å². The smallest absolute Gasteiger partial charge is 0.207 e. The summed E-state index contributed by atoms with van der Waals surface area (Å²) >= 11 is 1.20. The molecule has 76 valence electrons. The van der Waals surface area contributed by atoms with E-state index in [0.29, 0.717) is 16.4 Å². The second kappa shape index (κ2) is 3.12. The van der Waals surface area contributed by atoms with E-state index in [-0.39, 0.29) is 11.0 Å². The molecule has 0 radical (unpaired) electrons. The molecule has 2 heterocycles. The maximum atomic E-state index is 11.8. The van der Waals surface area contributed by atoms with Gasteiger partial charge in [-0.3, -0.25) is 14.2 Å². The van der Waals surface area contributed by atoms with Crippen LogP contribution in [-0.4, -0.2) is 13.7 Å². The van der Waals surface area contributed by atoms with Crippen LogP contribution < -0.4 is 5.43 Å². The minimum atomic E-state index is -0.289. The minimum absolute atomic E-state index is 0.0612. The monoisotopic (exact) mass is 228 g/mol. The number of fused-ring (bicyclic) bond motifs is 3. The number of hydrogen-bond acceptors (Lipinski definition) is 5. The summed E-state index contributed by atoms with van der Waals surface area (Å²) in [6.45, 7) is 0. The van der Waals surface area contributed by atoms with E-state index < -0.39 is 0 Å². The van der Waals surface area contributed by atoms with Crippen molar-refractivity contribution in [2.75, 3.05) is 0 Å². The molecule has 1 N–H and O–H groups in total. The molecule has 0 amide bonds. The Balaban J connectivity index is 2.61. The Morgan fingerprint density at radius 3 is 3.06 bits per heavy atom. The van der Waals surface area contributed by atoms with Crippen molar-refractivity contribution in [3.63, 3.8) is 0 Å². The van der Waals surface area contributed by atoms with Gasteiger partial charge in [0, 0.05) is 17.9 Å². The van der Waals surface area contributed by atoms with Gasteiger partial charge in [0.2, 0.25) is 5.43 Å². The van der Waals surface area contributed by atoms with Crippen molar-refractivity contribution in [2.45, 2.75) is 0 Å². The summed E-state index contributed by atoms with van der Waals surface area (Å²) in [6.07, 6.45) is 1.30. The molecule has 3 rings (SSSR count). The van der Waals surface area contributed by atoms with Crippen molar-refractivity contribution in [1.82, 2.24) is 13.7 Å². The van der Waals surface area contributed by atoms with Crippen LogP contribution in [0.25, 0.3) is 21.9 Å². The van der Waals surface area contributed by atoms with Gasteiger partial charge in [0.15, 0.2) is 0 Å². The number of nitriles is 1. The normalized spacial score (nSPS) is 10.7. The SMILES string of the molecule is N#Cc1cnc2c(ccc3[nH]snc32)c1=O. The molecule has 2 aromatic heterocycles. The van der Waals surface area contributed by atoms with Crippen LogP contribution in [0.15, 0.2) is 23.1 Å². The lowest BCUT2D eigenvalue weighted by Gasteiger charge is -1.96. The molecule has 0 atom stereocenters.